The number of pyridine rings is 1. The highest BCUT2D eigenvalue weighted by Gasteiger charge is 2.21. The van der Waals surface area contributed by atoms with Crippen molar-refractivity contribution in [2.45, 2.75) is 0 Å². The molecule has 0 fully saturated rings. The number of primary amides is 1. The molecule has 1 aliphatic rings. The SMILES string of the molecule is NC(=O)c1c(N2C=CON2)ccnc1-c1ccccc1. The van der Waals surface area contributed by atoms with Gasteiger partial charge >= 0.3 is 0 Å². The van der Waals surface area contributed by atoms with Crippen molar-refractivity contribution in [3.63, 3.8) is 0 Å². The molecule has 3 N–H and O–H groups in total. The average molecular weight is 268 g/mol. The molecule has 0 saturated heterocycles. The molecule has 1 amide bonds. The smallest absolute Gasteiger partial charge is 0.253 e. The number of hydrogen-bond acceptors (Lipinski definition) is 5. The molecule has 2 heterocycles. The summed E-state index contributed by atoms with van der Waals surface area (Å²) in [6.07, 6.45) is 4.74. The van der Waals surface area contributed by atoms with Gasteiger partial charge in [0.05, 0.1) is 23.1 Å². The first-order chi connectivity index (χ1) is 9.77. The fourth-order valence-electron chi connectivity index (χ4n) is 2.05. The molecule has 2 aromatic rings. The van der Waals surface area contributed by atoms with Crippen LogP contribution in [0.3, 0.4) is 0 Å². The van der Waals surface area contributed by atoms with Crippen molar-refractivity contribution in [3.8, 4) is 11.3 Å². The zero-order chi connectivity index (χ0) is 13.9. The molecule has 6 nitrogen and oxygen atoms in total. The first kappa shape index (κ1) is 12.2. The normalized spacial score (nSPS) is 13.3. The summed E-state index contributed by atoms with van der Waals surface area (Å²) in [6.45, 7) is 0. The van der Waals surface area contributed by atoms with Crippen LogP contribution in [0.25, 0.3) is 11.3 Å². The molecule has 100 valence electrons. The van der Waals surface area contributed by atoms with E-state index in [0.29, 0.717) is 16.9 Å². The van der Waals surface area contributed by atoms with Gasteiger partial charge in [-0.15, -0.1) is 0 Å². The van der Waals surface area contributed by atoms with Gasteiger partial charge in [-0.05, 0) is 6.07 Å². The molecule has 20 heavy (non-hydrogen) atoms. The van der Waals surface area contributed by atoms with Crippen LogP contribution in [-0.4, -0.2) is 10.9 Å². The third-order valence-electron chi connectivity index (χ3n) is 2.91. The highest BCUT2D eigenvalue weighted by atomic mass is 16.7. The van der Waals surface area contributed by atoms with Crippen LogP contribution >= 0.6 is 0 Å². The van der Waals surface area contributed by atoms with Gasteiger partial charge < -0.3 is 10.6 Å². The Kier molecular flexibility index (Phi) is 3.06. The van der Waals surface area contributed by atoms with Gasteiger partial charge in [0.2, 0.25) is 0 Å². The minimum atomic E-state index is -0.547. The number of aromatic nitrogens is 1. The predicted octanol–water partition coefficient (Wildman–Crippen LogP) is 1.57. The Morgan fingerprint density at radius 3 is 2.70 bits per heavy atom. The van der Waals surface area contributed by atoms with Gasteiger partial charge in [0, 0.05) is 11.8 Å². The molecule has 1 aliphatic heterocycles. The fourth-order valence-corrected chi connectivity index (χ4v) is 2.05. The van der Waals surface area contributed by atoms with E-state index in [1.807, 2.05) is 30.3 Å². The first-order valence-corrected chi connectivity index (χ1v) is 5.99. The number of carbonyl (C=O) groups is 1. The standard InChI is InChI=1S/C14H12N4O2/c15-14(19)12-11(18-8-9-20-17-18)6-7-16-13(12)10-4-2-1-3-5-10/h1-9,17H,(H2,15,19). The Labute approximate surface area is 115 Å². The number of hydrogen-bond donors (Lipinski definition) is 2. The predicted molar refractivity (Wildman–Crippen MR) is 74.0 cm³/mol. The second-order valence-electron chi connectivity index (χ2n) is 4.15. The van der Waals surface area contributed by atoms with Crippen molar-refractivity contribution in [3.05, 3.63) is 60.6 Å². The Morgan fingerprint density at radius 1 is 1.25 bits per heavy atom. The molecule has 0 atom stereocenters. The second-order valence-corrected chi connectivity index (χ2v) is 4.15. The van der Waals surface area contributed by atoms with Gasteiger partial charge in [-0.2, -0.15) is 0 Å². The van der Waals surface area contributed by atoms with Gasteiger partial charge in [0.1, 0.15) is 6.26 Å². The quantitative estimate of drug-likeness (QED) is 0.883. The number of nitrogens with zero attached hydrogens (tertiary/aromatic N) is 2. The number of anilines is 1. The van der Waals surface area contributed by atoms with E-state index < -0.39 is 5.91 Å². The van der Waals surface area contributed by atoms with Crippen LogP contribution in [0.2, 0.25) is 0 Å². The lowest BCUT2D eigenvalue weighted by Gasteiger charge is -2.18. The van der Waals surface area contributed by atoms with E-state index in [2.05, 4.69) is 10.6 Å². The summed E-state index contributed by atoms with van der Waals surface area (Å²) in [5.74, 6) is -0.547. The molecule has 0 saturated carbocycles. The lowest BCUT2D eigenvalue weighted by atomic mass is 10.0. The number of carbonyl (C=O) groups excluding carboxylic acids is 1. The van der Waals surface area contributed by atoms with Crippen LogP contribution in [0, 0.1) is 0 Å². The zero-order valence-corrected chi connectivity index (χ0v) is 10.5. The average Bonchev–Trinajstić information content (AvgIpc) is 3.01. The molecular formula is C14H12N4O2. The largest absolute Gasteiger partial charge is 0.395 e. The number of nitrogens with two attached hydrogens (primary N) is 1. The number of amides is 1. The number of hydrazine groups is 1. The fraction of sp³-hybridized carbons (Fsp3) is 0. The molecule has 1 aromatic heterocycles. The van der Waals surface area contributed by atoms with Crippen molar-refractivity contribution in [2.24, 2.45) is 5.73 Å². The minimum absolute atomic E-state index is 0.335. The molecule has 0 spiro atoms. The lowest BCUT2D eigenvalue weighted by Crippen LogP contribution is -2.30. The van der Waals surface area contributed by atoms with Crippen molar-refractivity contribution in [2.75, 3.05) is 5.01 Å². The van der Waals surface area contributed by atoms with E-state index in [1.165, 1.54) is 6.26 Å². The third kappa shape index (κ3) is 2.08. The molecule has 3 rings (SSSR count). The summed E-state index contributed by atoms with van der Waals surface area (Å²) in [5, 5.41) is 1.56. The summed E-state index contributed by atoms with van der Waals surface area (Å²) < 4.78 is 0. The van der Waals surface area contributed by atoms with Gasteiger partial charge in [-0.1, -0.05) is 35.9 Å². The van der Waals surface area contributed by atoms with Crippen LogP contribution < -0.4 is 16.3 Å². The molecule has 0 aliphatic carbocycles. The van der Waals surface area contributed by atoms with E-state index in [1.54, 1.807) is 23.5 Å². The van der Waals surface area contributed by atoms with Gasteiger partial charge in [0.15, 0.2) is 0 Å². The van der Waals surface area contributed by atoms with Crippen LogP contribution in [0.1, 0.15) is 10.4 Å². The van der Waals surface area contributed by atoms with Crippen molar-refractivity contribution in [1.29, 1.82) is 0 Å². The monoisotopic (exact) mass is 268 g/mol. The molecule has 6 heteroatoms. The Bertz CT molecular complexity index is 670. The first-order valence-electron chi connectivity index (χ1n) is 5.99. The van der Waals surface area contributed by atoms with Crippen LogP contribution in [0.5, 0.6) is 0 Å². The molecule has 1 aromatic carbocycles. The van der Waals surface area contributed by atoms with E-state index in [0.717, 1.165) is 5.56 Å². The highest BCUT2D eigenvalue weighted by molar-refractivity contribution is 6.04. The van der Waals surface area contributed by atoms with E-state index in [-0.39, 0.29) is 0 Å². The van der Waals surface area contributed by atoms with Crippen LogP contribution in [0.15, 0.2) is 55.1 Å². The maximum atomic E-state index is 11.8. The van der Waals surface area contributed by atoms with E-state index >= 15 is 0 Å². The van der Waals surface area contributed by atoms with Crippen LogP contribution in [-0.2, 0) is 4.84 Å². The number of benzene rings is 1. The maximum Gasteiger partial charge on any atom is 0.253 e. The van der Waals surface area contributed by atoms with Gasteiger partial charge in [-0.3, -0.25) is 9.78 Å². The third-order valence-corrected chi connectivity index (χ3v) is 2.91. The summed E-state index contributed by atoms with van der Waals surface area (Å²) in [4.78, 5) is 21.0. The Balaban J connectivity index is 2.18. The summed E-state index contributed by atoms with van der Waals surface area (Å²) in [6, 6.07) is 11.1. The van der Waals surface area contributed by atoms with Crippen molar-refractivity contribution >= 4 is 11.6 Å². The van der Waals surface area contributed by atoms with Gasteiger partial charge in [-0.25, -0.2) is 5.01 Å². The molecule has 0 unspecified atom stereocenters. The Hall–Kier alpha value is -2.86. The summed E-state index contributed by atoms with van der Waals surface area (Å²) >= 11 is 0. The number of rotatable bonds is 3. The topological polar surface area (TPSA) is 80.5 Å². The second kappa shape index (κ2) is 5.02. The zero-order valence-electron chi connectivity index (χ0n) is 10.5. The lowest BCUT2D eigenvalue weighted by molar-refractivity contribution is 0.1000. The number of nitrogens with one attached hydrogen (secondary N) is 1. The molecule has 0 radical (unpaired) electrons. The van der Waals surface area contributed by atoms with E-state index in [9.17, 15) is 4.79 Å². The van der Waals surface area contributed by atoms with Crippen molar-refractivity contribution < 1.29 is 9.63 Å². The Morgan fingerprint density at radius 2 is 2.05 bits per heavy atom. The minimum Gasteiger partial charge on any atom is -0.395 e. The molecule has 0 bridgehead atoms. The van der Waals surface area contributed by atoms with Crippen LogP contribution in [0.4, 0.5) is 5.69 Å². The van der Waals surface area contributed by atoms with Gasteiger partial charge in [0.25, 0.3) is 5.91 Å². The molecular weight excluding hydrogens is 256 g/mol. The summed E-state index contributed by atoms with van der Waals surface area (Å²) in [7, 11) is 0. The maximum absolute atomic E-state index is 11.8. The summed E-state index contributed by atoms with van der Waals surface area (Å²) in [5.41, 5.74) is 10.4. The van der Waals surface area contributed by atoms with Crippen molar-refractivity contribution in [1.82, 2.24) is 10.6 Å². The van der Waals surface area contributed by atoms with E-state index in [4.69, 9.17) is 10.6 Å². The highest BCUT2D eigenvalue weighted by Crippen LogP contribution is 2.29.